The molecule has 0 aromatic heterocycles. The third-order valence-corrected chi connectivity index (χ3v) is 6.03. The quantitative estimate of drug-likeness (QED) is 0.358. The first-order valence-electron chi connectivity index (χ1n) is 11.3. The number of carboxylic acid groups (broad SMARTS) is 2. The minimum absolute atomic E-state index is 0.126. The maximum absolute atomic E-state index is 12.4. The largest absolute Gasteiger partial charge is 0.473 e. The number of benzene rings is 2. The van der Waals surface area contributed by atoms with E-state index in [1.54, 1.807) is 12.1 Å². The summed E-state index contributed by atoms with van der Waals surface area (Å²) in [5.41, 5.74) is 3.50. The second-order valence-electron chi connectivity index (χ2n) is 8.24. The number of para-hydroxylation sites is 1. The van der Waals surface area contributed by atoms with Crippen LogP contribution in [0.3, 0.4) is 0 Å². The monoisotopic (exact) mass is 484 g/mol. The highest BCUT2D eigenvalue weighted by Gasteiger charge is 2.24. The van der Waals surface area contributed by atoms with E-state index in [-0.39, 0.29) is 16.5 Å². The molecular weight excluding hydrogens is 456 g/mol. The number of hydrogen-bond acceptors (Lipinski definition) is 7. The number of anilines is 2. The third-order valence-electron chi connectivity index (χ3n) is 6.03. The van der Waals surface area contributed by atoms with Gasteiger partial charge in [0.15, 0.2) is 0 Å². The van der Waals surface area contributed by atoms with Gasteiger partial charge in [0.1, 0.15) is 0 Å². The first-order valence-corrected chi connectivity index (χ1v) is 11.3. The Kier molecular flexibility index (Phi) is 8.74. The van der Waals surface area contributed by atoms with Crippen molar-refractivity contribution in [3.63, 3.8) is 0 Å². The van der Waals surface area contributed by atoms with Gasteiger partial charge in [0.2, 0.25) is 5.91 Å². The number of hydrogen-bond donors (Lipinski definition) is 2. The Balaban J connectivity index is 0.000000509. The molecule has 35 heavy (non-hydrogen) atoms. The molecule has 2 aliphatic rings. The lowest BCUT2D eigenvalue weighted by atomic mass is 10.0. The second kappa shape index (κ2) is 11.9. The highest BCUT2D eigenvalue weighted by Crippen LogP contribution is 2.27. The van der Waals surface area contributed by atoms with E-state index in [0.29, 0.717) is 6.42 Å². The maximum atomic E-state index is 12.4. The van der Waals surface area contributed by atoms with Crippen LogP contribution in [0, 0.1) is 10.1 Å². The number of nitro benzene ring substituents is 1. The number of carbonyl (C=O) groups excluding carboxylic acids is 1. The SMILES string of the molecule is O=C(O)C(=O)O.O=C1CCc2ccccc2N1CCCN1CCN(c2ccc([N+](=O)[O-])cc2)CC1. The number of fused-ring (bicyclic) bond motifs is 1. The van der Waals surface area contributed by atoms with E-state index in [1.807, 2.05) is 29.2 Å². The topological polar surface area (TPSA) is 145 Å². The van der Waals surface area contributed by atoms with Gasteiger partial charge in [0.25, 0.3) is 5.69 Å². The lowest BCUT2D eigenvalue weighted by Crippen LogP contribution is -2.47. The van der Waals surface area contributed by atoms with Crippen molar-refractivity contribution in [2.45, 2.75) is 19.3 Å². The van der Waals surface area contributed by atoms with Gasteiger partial charge in [0, 0.05) is 62.7 Å². The molecule has 0 atom stereocenters. The van der Waals surface area contributed by atoms with Crippen LogP contribution in [-0.4, -0.2) is 77.2 Å². The molecule has 0 aliphatic carbocycles. The smallest absolute Gasteiger partial charge is 0.414 e. The van der Waals surface area contributed by atoms with E-state index in [0.717, 1.165) is 63.5 Å². The van der Waals surface area contributed by atoms with Gasteiger partial charge in [-0.3, -0.25) is 19.8 Å². The summed E-state index contributed by atoms with van der Waals surface area (Å²) in [5, 5.41) is 25.6. The summed E-state index contributed by atoms with van der Waals surface area (Å²) in [4.78, 5) is 47.6. The zero-order valence-electron chi connectivity index (χ0n) is 19.2. The zero-order chi connectivity index (χ0) is 25.4. The molecule has 2 N–H and O–H groups in total. The standard InChI is InChI=1S/C22H26N4O3.C2H2O4/c27-22-11-6-18-4-1-2-5-21(18)25(22)13-3-12-23-14-16-24(17-15-23)19-7-9-20(10-8-19)26(28)29;3-1(4)2(5)6/h1-2,4-5,7-10H,3,6,11-17H2;(H,3,4)(H,5,6). The summed E-state index contributed by atoms with van der Waals surface area (Å²) in [7, 11) is 0. The molecule has 11 heteroatoms. The lowest BCUT2D eigenvalue weighted by molar-refractivity contribution is -0.384. The average molecular weight is 485 g/mol. The molecule has 2 heterocycles. The number of non-ortho nitro benzene ring substituents is 1. The Bertz CT molecular complexity index is 1050. The highest BCUT2D eigenvalue weighted by atomic mass is 16.6. The van der Waals surface area contributed by atoms with Gasteiger partial charge in [-0.2, -0.15) is 0 Å². The van der Waals surface area contributed by atoms with Gasteiger partial charge < -0.3 is 20.0 Å². The maximum Gasteiger partial charge on any atom is 0.414 e. The Morgan fingerprint density at radius 3 is 2.11 bits per heavy atom. The first-order chi connectivity index (χ1) is 16.8. The summed E-state index contributed by atoms with van der Waals surface area (Å²) in [6.07, 6.45) is 2.40. The molecule has 11 nitrogen and oxygen atoms in total. The summed E-state index contributed by atoms with van der Waals surface area (Å²) >= 11 is 0. The Labute approximate surface area is 202 Å². The Hall–Kier alpha value is -3.99. The van der Waals surface area contributed by atoms with Crippen LogP contribution < -0.4 is 9.80 Å². The van der Waals surface area contributed by atoms with Crippen LogP contribution in [0.25, 0.3) is 0 Å². The molecule has 2 aromatic rings. The molecule has 2 aromatic carbocycles. The van der Waals surface area contributed by atoms with Crippen molar-refractivity contribution < 1.29 is 29.5 Å². The third kappa shape index (κ3) is 7.00. The molecule has 0 unspecified atom stereocenters. The summed E-state index contributed by atoms with van der Waals surface area (Å²) in [6, 6.07) is 15.0. The molecule has 0 bridgehead atoms. The second-order valence-corrected chi connectivity index (χ2v) is 8.24. The lowest BCUT2D eigenvalue weighted by Gasteiger charge is -2.36. The molecule has 0 spiro atoms. The van der Waals surface area contributed by atoms with E-state index in [1.165, 1.54) is 5.56 Å². The van der Waals surface area contributed by atoms with E-state index in [9.17, 15) is 14.9 Å². The molecule has 1 saturated heterocycles. The first kappa shape index (κ1) is 25.6. The van der Waals surface area contributed by atoms with Crippen molar-refractivity contribution in [3.05, 3.63) is 64.2 Å². The fraction of sp³-hybridized carbons (Fsp3) is 0.375. The molecule has 1 amide bonds. The van der Waals surface area contributed by atoms with Crippen molar-refractivity contribution in [3.8, 4) is 0 Å². The van der Waals surface area contributed by atoms with Crippen molar-refractivity contribution in [2.75, 3.05) is 49.1 Å². The average Bonchev–Trinajstić information content (AvgIpc) is 2.86. The van der Waals surface area contributed by atoms with E-state index >= 15 is 0 Å². The highest BCUT2D eigenvalue weighted by molar-refractivity contribution is 6.27. The molecule has 4 rings (SSSR count). The summed E-state index contributed by atoms with van der Waals surface area (Å²) < 4.78 is 0. The molecule has 2 aliphatic heterocycles. The number of aryl methyl sites for hydroxylation is 1. The number of piperazine rings is 1. The fourth-order valence-electron chi connectivity index (χ4n) is 4.21. The molecule has 1 fully saturated rings. The number of rotatable bonds is 6. The predicted octanol–water partition coefficient (Wildman–Crippen LogP) is 2.24. The van der Waals surface area contributed by atoms with Gasteiger partial charge in [-0.05, 0) is 43.1 Å². The van der Waals surface area contributed by atoms with Crippen LogP contribution in [0.4, 0.5) is 17.1 Å². The number of aliphatic carboxylic acids is 2. The normalized spacial score (nSPS) is 15.6. The number of nitro groups is 1. The van der Waals surface area contributed by atoms with Crippen LogP contribution in [0.1, 0.15) is 18.4 Å². The molecule has 0 saturated carbocycles. The zero-order valence-corrected chi connectivity index (χ0v) is 19.2. The van der Waals surface area contributed by atoms with Gasteiger partial charge >= 0.3 is 11.9 Å². The van der Waals surface area contributed by atoms with Gasteiger partial charge in [-0.25, -0.2) is 9.59 Å². The van der Waals surface area contributed by atoms with Crippen LogP contribution in [0.2, 0.25) is 0 Å². The van der Waals surface area contributed by atoms with Crippen molar-refractivity contribution in [2.24, 2.45) is 0 Å². The van der Waals surface area contributed by atoms with Gasteiger partial charge in [0.05, 0.1) is 4.92 Å². The number of amides is 1. The van der Waals surface area contributed by atoms with Gasteiger partial charge in [-0.1, -0.05) is 18.2 Å². The van der Waals surface area contributed by atoms with Crippen LogP contribution in [0.5, 0.6) is 0 Å². The van der Waals surface area contributed by atoms with Crippen LogP contribution in [0.15, 0.2) is 48.5 Å². The summed E-state index contributed by atoms with van der Waals surface area (Å²) in [6.45, 7) is 5.47. The van der Waals surface area contributed by atoms with E-state index in [4.69, 9.17) is 19.8 Å². The van der Waals surface area contributed by atoms with E-state index in [2.05, 4.69) is 21.9 Å². The predicted molar refractivity (Wildman–Crippen MR) is 129 cm³/mol. The number of carboxylic acids is 2. The van der Waals surface area contributed by atoms with Crippen molar-refractivity contribution in [1.82, 2.24) is 4.90 Å². The number of nitrogens with zero attached hydrogens (tertiary/aromatic N) is 4. The fourth-order valence-corrected chi connectivity index (χ4v) is 4.21. The van der Waals surface area contributed by atoms with E-state index < -0.39 is 11.9 Å². The minimum atomic E-state index is -1.82. The number of carbonyl (C=O) groups is 3. The Morgan fingerprint density at radius 2 is 1.51 bits per heavy atom. The molecule has 186 valence electrons. The summed E-state index contributed by atoms with van der Waals surface area (Å²) in [5.74, 6) is -3.42. The minimum Gasteiger partial charge on any atom is -0.473 e. The van der Waals surface area contributed by atoms with Crippen molar-refractivity contribution >= 4 is 34.9 Å². The van der Waals surface area contributed by atoms with Crippen LogP contribution in [-0.2, 0) is 20.8 Å². The van der Waals surface area contributed by atoms with Crippen LogP contribution >= 0.6 is 0 Å². The Morgan fingerprint density at radius 1 is 0.886 bits per heavy atom. The van der Waals surface area contributed by atoms with Gasteiger partial charge in [-0.15, -0.1) is 0 Å². The molecular formula is C24H28N4O7. The molecule has 0 radical (unpaired) electrons. The van der Waals surface area contributed by atoms with Crippen molar-refractivity contribution in [1.29, 1.82) is 0 Å².